The van der Waals surface area contributed by atoms with Crippen LogP contribution in [0.3, 0.4) is 0 Å². The average molecular weight is 269 g/mol. The molecule has 4 nitrogen and oxygen atoms in total. The Labute approximate surface area is 95.4 Å². The second-order valence-electron chi connectivity index (χ2n) is 3.39. The Balaban J connectivity index is 2.42. The largest absolute Gasteiger partial charge is 0.299 e. The lowest BCUT2D eigenvalue weighted by Gasteiger charge is -2.08. The van der Waals surface area contributed by atoms with Crippen LogP contribution in [0.15, 0.2) is 12.3 Å². The lowest BCUT2D eigenvalue weighted by molar-refractivity contribution is -0.117. The van der Waals surface area contributed by atoms with Gasteiger partial charge < -0.3 is 0 Å². The van der Waals surface area contributed by atoms with E-state index >= 15 is 0 Å². The Bertz CT molecular complexity index is 445. The number of aromatic nitrogens is 1. The molecule has 0 saturated carbocycles. The number of Topliss-reactive ketones (excluding diaryl/α,β-unsaturated/α-hetero) is 1. The van der Waals surface area contributed by atoms with Gasteiger partial charge in [-0.3, -0.25) is 14.5 Å². The first kappa shape index (κ1) is 10.3. The molecule has 0 radical (unpaired) electrons. The summed E-state index contributed by atoms with van der Waals surface area (Å²) >= 11 is 3.10. The Morgan fingerprint density at radius 1 is 1.67 bits per heavy atom. The first-order valence-electron chi connectivity index (χ1n) is 4.48. The third-order valence-corrected chi connectivity index (χ3v) is 2.93. The first-order chi connectivity index (χ1) is 7.13. The van der Waals surface area contributed by atoms with E-state index in [4.69, 9.17) is 0 Å². The summed E-state index contributed by atoms with van der Waals surface area (Å²) in [7, 11) is 1.69. The monoisotopic (exact) mass is 268 g/mol. The molecule has 0 unspecified atom stereocenters. The zero-order chi connectivity index (χ0) is 11.0. The zero-order valence-electron chi connectivity index (χ0n) is 8.16. The van der Waals surface area contributed by atoms with E-state index in [2.05, 4.69) is 20.9 Å². The molecular weight excluding hydrogens is 260 g/mol. The Kier molecular flexibility index (Phi) is 2.56. The van der Waals surface area contributed by atoms with Crippen molar-refractivity contribution in [3.63, 3.8) is 0 Å². The lowest BCUT2D eigenvalue weighted by Crippen LogP contribution is -2.21. The topological polar surface area (TPSA) is 50.3 Å². The van der Waals surface area contributed by atoms with Gasteiger partial charge in [-0.1, -0.05) is 15.9 Å². The minimum absolute atomic E-state index is 0.0148. The van der Waals surface area contributed by atoms with Crippen LogP contribution in [0.25, 0.3) is 0 Å². The summed E-state index contributed by atoms with van der Waals surface area (Å²) in [5, 5.41) is 0.275. The van der Waals surface area contributed by atoms with Crippen molar-refractivity contribution in [2.75, 3.05) is 17.3 Å². The fourth-order valence-corrected chi connectivity index (χ4v) is 1.89. The number of likely N-dealkylation sites (N-methyl/N-ethyl adjacent to an activating group) is 1. The summed E-state index contributed by atoms with van der Waals surface area (Å²) < 4.78 is 0. The molecular formula is C10H9BrN2O2. The van der Waals surface area contributed by atoms with Gasteiger partial charge in [0.15, 0.2) is 5.78 Å². The van der Waals surface area contributed by atoms with Crippen LogP contribution in [0.5, 0.6) is 0 Å². The van der Waals surface area contributed by atoms with Crippen LogP contribution in [-0.4, -0.2) is 29.1 Å². The maximum atomic E-state index is 11.4. The van der Waals surface area contributed by atoms with Gasteiger partial charge in [0.05, 0.1) is 11.8 Å². The summed E-state index contributed by atoms with van der Waals surface area (Å²) in [6, 6.07) is 1.74. The number of hydrogen-bond acceptors (Lipinski definition) is 3. The summed E-state index contributed by atoms with van der Waals surface area (Å²) in [4.78, 5) is 28.4. The summed E-state index contributed by atoms with van der Waals surface area (Å²) in [5.74, 6) is 0.652. The zero-order valence-corrected chi connectivity index (χ0v) is 9.74. The SMILES string of the molecule is CN1C(=O)Cc2cc(C(=O)CBr)cnc21. The second-order valence-corrected chi connectivity index (χ2v) is 3.95. The van der Waals surface area contributed by atoms with Crippen molar-refractivity contribution < 1.29 is 9.59 Å². The smallest absolute Gasteiger partial charge is 0.232 e. The van der Waals surface area contributed by atoms with Crippen LogP contribution in [0.4, 0.5) is 5.82 Å². The Morgan fingerprint density at radius 2 is 2.40 bits per heavy atom. The number of halogens is 1. The molecule has 2 rings (SSSR count). The van der Waals surface area contributed by atoms with Crippen LogP contribution in [0, 0.1) is 0 Å². The highest BCUT2D eigenvalue weighted by atomic mass is 79.9. The van der Waals surface area contributed by atoms with Gasteiger partial charge in [-0.2, -0.15) is 0 Å². The van der Waals surface area contributed by atoms with Crippen molar-refractivity contribution in [3.8, 4) is 0 Å². The molecule has 2 heterocycles. The van der Waals surface area contributed by atoms with Gasteiger partial charge in [-0.25, -0.2) is 4.98 Å². The van der Waals surface area contributed by atoms with Crippen LogP contribution in [0.2, 0.25) is 0 Å². The van der Waals surface area contributed by atoms with E-state index in [9.17, 15) is 9.59 Å². The fraction of sp³-hybridized carbons (Fsp3) is 0.300. The summed E-state index contributed by atoms with van der Waals surface area (Å²) in [6.07, 6.45) is 1.85. The van der Waals surface area contributed by atoms with E-state index in [1.165, 1.54) is 11.1 Å². The van der Waals surface area contributed by atoms with Crippen molar-refractivity contribution in [2.24, 2.45) is 0 Å². The van der Waals surface area contributed by atoms with E-state index in [1.54, 1.807) is 13.1 Å². The maximum absolute atomic E-state index is 11.4. The highest BCUT2D eigenvalue weighted by Crippen LogP contribution is 2.25. The van der Waals surface area contributed by atoms with Gasteiger partial charge in [-0.05, 0) is 6.07 Å². The molecule has 0 fully saturated rings. The van der Waals surface area contributed by atoms with Crippen molar-refractivity contribution in [1.29, 1.82) is 0 Å². The van der Waals surface area contributed by atoms with Gasteiger partial charge >= 0.3 is 0 Å². The minimum Gasteiger partial charge on any atom is -0.299 e. The number of fused-ring (bicyclic) bond motifs is 1. The molecule has 1 aliphatic heterocycles. The molecule has 78 valence electrons. The molecule has 0 aromatic carbocycles. The standard InChI is InChI=1S/C10H9BrN2O2/c1-13-9(15)3-6-2-7(8(14)4-11)5-12-10(6)13/h2,5H,3-4H2,1H3. The average Bonchev–Trinajstić information content (AvgIpc) is 2.53. The van der Waals surface area contributed by atoms with Crippen molar-refractivity contribution >= 4 is 33.4 Å². The van der Waals surface area contributed by atoms with Gasteiger partial charge in [0, 0.05) is 24.4 Å². The number of carbonyl (C=O) groups excluding carboxylic acids is 2. The molecule has 0 spiro atoms. The van der Waals surface area contributed by atoms with E-state index in [0.29, 0.717) is 17.8 Å². The molecule has 0 atom stereocenters. The van der Waals surface area contributed by atoms with E-state index in [0.717, 1.165) is 5.56 Å². The number of alkyl halides is 1. The molecule has 0 aliphatic carbocycles. The molecule has 0 saturated heterocycles. The summed E-state index contributed by atoms with van der Waals surface area (Å²) in [5.41, 5.74) is 1.38. The first-order valence-corrected chi connectivity index (χ1v) is 5.60. The van der Waals surface area contributed by atoms with E-state index < -0.39 is 0 Å². The van der Waals surface area contributed by atoms with Crippen molar-refractivity contribution in [1.82, 2.24) is 4.98 Å². The van der Waals surface area contributed by atoms with Gasteiger partial charge in [0.2, 0.25) is 5.91 Å². The third kappa shape index (κ3) is 1.67. The lowest BCUT2D eigenvalue weighted by atomic mass is 10.1. The quantitative estimate of drug-likeness (QED) is 0.598. The van der Waals surface area contributed by atoms with Crippen molar-refractivity contribution in [2.45, 2.75) is 6.42 Å². The molecule has 0 N–H and O–H groups in total. The predicted octanol–water partition coefficient (Wildman–Crippen LogP) is 1.18. The number of amides is 1. The molecule has 0 bridgehead atoms. The van der Waals surface area contributed by atoms with Gasteiger partial charge in [0.25, 0.3) is 0 Å². The number of ketones is 1. The number of pyridine rings is 1. The molecule has 1 aromatic rings. The van der Waals surface area contributed by atoms with Gasteiger partial charge in [-0.15, -0.1) is 0 Å². The second kappa shape index (κ2) is 3.73. The number of nitrogens with zero attached hydrogens (tertiary/aromatic N) is 2. The molecule has 1 aliphatic rings. The van der Waals surface area contributed by atoms with Crippen LogP contribution in [0.1, 0.15) is 15.9 Å². The molecule has 15 heavy (non-hydrogen) atoms. The number of carbonyl (C=O) groups is 2. The fourth-order valence-electron chi connectivity index (χ4n) is 1.56. The summed E-state index contributed by atoms with van der Waals surface area (Å²) in [6.45, 7) is 0. The maximum Gasteiger partial charge on any atom is 0.232 e. The van der Waals surface area contributed by atoms with E-state index in [-0.39, 0.29) is 17.0 Å². The van der Waals surface area contributed by atoms with Crippen LogP contribution < -0.4 is 4.90 Å². The highest BCUT2D eigenvalue weighted by molar-refractivity contribution is 9.09. The number of anilines is 1. The van der Waals surface area contributed by atoms with Crippen LogP contribution in [-0.2, 0) is 11.2 Å². The molecule has 1 aromatic heterocycles. The number of rotatable bonds is 2. The number of hydrogen-bond donors (Lipinski definition) is 0. The normalized spacial score (nSPS) is 14.3. The predicted molar refractivity (Wildman–Crippen MR) is 59.5 cm³/mol. The Morgan fingerprint density at radius 3 is 3.07 bits per heavy atom. The highest BCUT2D eigenvalue weighted by Gasteiger charge is 2.25. The molecule has 1 amide bonds. The third-order valence-electron chi connectivity index (χ3n) is 2.42. The Hall–Kier alpha value is -1.23. The molecule has 5 heteroatoms. The minimum atomic E-state index is -0.0210. The van der Waals surface area contributed by atoms with Gasteiger partial charge in [0.1, 0.15) is 5.82 Å². The van der Waals surface area contributed by atoms with E-state index in [1.807, 2.05) is 0 Å². The van der Waals surface area contributed by atoms with Crippen LogP contribution >= 0.6 is 15.9 Å². The van der Waals surface area contributed by atoms with Crippen molar-refractivity contribution in [3.05, 3.63) is 23.4 Å².